The minimum absolute atomic E-state index is 0.351. The largest absolute Gasteiger partial charge is 0.324 e. The maximum absolute atomic E-state index is 5.69. The first kappa shape index (κ1) is 12.8. The molecule has 0 atom stereocenters. The molecule has 0 aliphatic carbocycles. The Kier molecular flexibility index (Phi) is 4.10. The maximum atomic E-state index is 5.69. The molecule has 18 heavy (non-hydrogen) atoms. The first-order valence-electron chi connectivity index (χ1n) is 6.39. The van der Waals surface area contributed by atoms with Crippen molar-refractivity contribution in [2.45, 2.75) is 39.3 Å². The number of aromatic nitrogens is 3. The van der Waals surface area contributed by atoms with Crippen LogP contribution in [0.2, 0.25) is 0 Å². The highest BCUT2D eigenvalue weighted by Gasteiger charge is 2.13. The van der Waals surface area contributed by atoms with E-state index in [1.807, 2.05) is 6.07 Å². The van der Waals surface area contributed by atoms with Crippen molar-refractivity contribution < 1.29 is 0 Å². The molecule has 1 aromatic carbocycles. The monoisotopic (exact) mass is 244 g/mol. The van der Waals surface area contributed by atoms with Gasteiger partial charge in [-0.2, -0.15) is 0 Å². The molecular weight excluding hydrogens is 224 g/mol. The van der Waals surface area contributed by atoms with E-state index in [4.69, 9.17) is 5.73 Å². The van der Waals surface area contributed by atoms with Crippen molar-refractivity contribution in [1.82, 2.24) is 14.8 Å². The highest BCUT2D eigenvalue weighted by atomic mass is 15.3. The van der Waals surface area contributed by atoms with Gasteiger partial charge in [-0.1, -0.05) is 30.3 Å². The summed E-state index contributed by atoms with van der Waals surface area (Å²) in [7, 11) is 0. The second-order valence-electron chi connectivity index (χ2n) is 4.69. The zero-order chi connectivity index (χ0) is 13.0. The lowest BCUT2D eigenvalue weighted by molar-refractivity contribution is 0.541. The third-order valence-electron chi connectivity index (χ3n) is 3.02. The van der Waals surface area contributed by atoms with E-state index in [2.05, 4.69) is 52.9 Å². The van der Waals surface area contributed by atoms with Gasteiger partial charge in [0.15, 0.2) is 0 Å². The van der Waals surface area contributed by atoms with Crippen LogP contribution in [0.5, 0.6) is 0 Å². The van der Waals surface area contributed by atoms with Crippen molar-refractivity contribution in [3.05, 3.63) is 47.5 Å². The van der Waals surface area contributed by atoms with Crippen LogP contribution in [0.3, 0.4) is 0 Å². The Morgan fingerprint density at radius 1 is 1.06 bits per heavy atom. The van der Waals surface area contributed by atoms with E-state index in [0.29, 0.717) is 12.6 Å². The topological polar surface area (TPSA) is 56.7 Å². The van der Waals surface area contributed by atoms with Crippen LogP contribution in [0.1, 0.15) is 37.1 Å². The summed E-state index contributed by atoms with van der Waals surface area (Å²) < 4.78 is 2.14. The molecule has 0 radical (unpaired) electrons. The molecule has 96 valence electrons. The van der Waals surface area contributed by atoms with Gasteiger partial charge in [0.1, 0.15) is 11.6 Å². The van der Waals surface area contributed by atoms with E-state index in [9.17, 15) is 0 Å². The van der Waals surface area contributed by atoms with Crippen LogP contribution in [0.25, 0.3) is 0 Å². The van der Waals surface area contributed by atoms with Gasteiger partial charge in [-0.05, 0) is 25.8 Å². The molecule has 2 aromatic rings. The maximum Gasteiger partial charge on any atom is 0.147 e. The Bertz CT molecular complexity index is 488. The van der Waals surface area contributed by atoms with E-state index in [1.165, 1.54) is 5.56 Å². The molecule has 0 aliphatic rings. The van der Waals surface area contributed by atoms with Gasteiger partial charge < -0.3 is 10.3 Å². The van der Waals surface area contributed by atoms with E-state index >= 15 is 0 Å². The summed E-state index contributed by atoms with van der Waals surface area (Å²) in [5.74, 6) is 1.89. The van der Waals surface area contributed by atoms with Gasteiger partial charge in [-0.3, -0.25) is 0 Å². The Balaban J connectivity index is 2.12. The zero-order valence-corrected chi connectivity index (χ0v) is 11.0. The second-order valence-corrected chi connectivity index (χ2v) is 4.69. The Labute approximate surface area is 108 Å². The lowest BCUT2D eigenvalue weighted by Crippen LogP contribution is -2.13. The summed E-state index contributed by atoms with van der Waals surface area (Å²) in [5, 5.41) is 8.41. The Morgan fingerprint density at radius 3 is 2.33 bits per heavy atom. The summed E-state index contributed by atoms with van der Waals surface area (Å²) in [6.07, 6.45) is 1.88. The second kappa shape index (κ2) is 5.78. The molecule has 2 rings (SSSR count). The SMILES string of the molecule is CC(C)n1c(CN)nnc1CCc1ccccc1. The van der Waals surface area contributed by atoms with Crippen LogP contribution >= 0.6 is 0 Å². The lowest BCUT2D eigenvalue weighted by Gasteiger charge is -2.13. The van der Waals surface area contributed by atoms with Crippen molar-refractivity contribution in [2.75, 3.05) is 0 Å². The molecule has 0 bridgehead atoms. The van der Waals surface area contributed by atoms with Gasteiger partial charge in [0.25, 0.3) is 0 Å². The molecule has 4 heteroatoms. The quantitative estimate of drug-likeness (QED) is 0.876. The summed E-state index contributed by atoms with van der Waals surface area (Å²) in [5.41, 5.74) is 7.01. The molecule has 1 aromatic heterocycles. The molecule has 2 N–H and O–H groups in total. The molecule has 0 saturated heterocycles. The molecule has 0 amide bonds. The van der Waals surface area contributed by atoms with Gasteiger partial charge >= 0.3 is 0 Å². The van der Waals surface area contributed by atoms with E-state index < -0.39 is 0 Å². The summed E-state index contributed by atoms with van der Waals surface area (Å²) in [6, 6.07) is 10.8. The van der Waals surface area contributed by atoms with Crippen molar-refractivity contribution in [3.63, 3.8) is 0 Å². The van der Waals surface area contributed by atoms with Gasteiger partial charge in [-0.25, -0.2) is 0 Å². The summed E-state index contributed by atoms with van der Waals surface area (Å²) in [6.45, 7) is 4.71. The molecule has 0 aliphatic heterocycles. The number of rotatable bonds is 5. The Hall–Kier alpha value is -1.68. The van der Waals surface area contributed by atoms with E-state index in [0.717, 1.165) is 24.5 Å². The van der Waals surface area contributed by atoms with Crippen molar-refractivity contribution in [1.29, 1.82) is 0 Å². The normalized spacial score (nSPS) is 11.1. The van der Waals surface area contributed by atoms with E-state index in [-0.39, 0.29) is 0 Å². The van der Waals surface area contributed by atoms with Crippen LogP contribution in [-0.2, 0) is 19.4 Å². The first-order valence-corrected chi connectivity index (χ1v) is 6.39. The average molecular weight is 244 g/mol. The fraction of sp³-hybridized carbons (Fsp3) is 0.429. The van der Waals surface area contributed by atoms with Gasteiger partial charge in [0, 0.05) is 12.5 Å². The molecule has 4 nitrogen and oxygen atoms in total. The van der Waals surface area contributed by atoms with Crippen molar-refractivity contribution >= 4 is 0 Å². The fourth-order valence-corrected chi connectivity index (χ4v) is 2.17. The highest BCUT2D eigenvalue weighted by Crippen LogP contribution is 2.13. The summed E-state index contributed by atoms with van der Waals surface area (Å²) >= 11 is 0. The third-order valence-corrected chi connectivity index (χ3v) is 3.02. The van der Waals surface area contributed by atoms with Crippen LogP contribution in [-0.4, -0.2) is 14.8 Å². The smallest absolute Gasteiger partial charge is 0.147 e. The number of aryl methyl sites for hydroxylation is 2. The molecule has 1 heterocycles. The van der Waals surface area contributed by atoms with Gasteiger partial charge in [0.2, 0.25) is 0 Å². The Morgan fingerprint density at radius 2 is 1.72 bits per heavy atom. The minimum Gasteiger partial charge on any atom is -0.324 e. The average Bonchev–Trinajstić information content (AvgIpc) is 2.80. The fourth-order valence-electron chi connectivity index (χ4n) is 2.17. The van der Waals surface area contributed by atoms with Crippen LogP contribution in [0.4, 0.5) is 0 Å². The van der Waals surface area contributed by atoms with Crippen LogP contribution in [0.15, 0.2) is 30.3 Å². The standard InChI is InChI=1S/C14H20N4/c1-11(2)18-13(16-17-14(18)10-15)9-8-12-6-4-3-5-7-12/h3-7,11H,8-10,15H2,1-2H3. The predicted octanol–water partition coefficient (Wildman–Crippen LogP) is 2.10. The van der Waals surface area contributed by atoms with Crippen molar-refractivity contribution in [2.24, 2.45) is 5.73 Å². The van der Waals surface area contributed by atoms with E-state index in [1.54, 1.807) is 0 Å². The summed E-state index contributed by atoms with van der Waals surface area (Å²) in [4.78, 5) is 0. The highest BCUT2D eigenvalue weighted by molar-refractivity contribution is 5.15. The van der Waals surface area contributed by atoms with Gasteiger partial charge in [-0.15, -0.1) is 10.2 Å². The molecular formula is C14H20N4. The number of nitrogens with two attached hydrogens (primary N) is 1. The molecule has 0 fully saturated rings. The minimum atomic E-state index is 0.351. The molecule has 0 spiro atoms. The first-order chi connectivity index (χ1) is 8.72. The van der Waals surface area contributed by atoms with Crippen LogP contribution < -0.4 is 5.73 Å². The zero-order valence-electron chi connectivity index (χ0n) is 11.0. The lowest BCUT2D eigenvalue weighted by atomic mass is 10.1. The third kappa shape index (κ3) is 2.76. The van der Waals surface area contributed by atoms with Crippen molar-refractivity contribution in [3.8, 4) is 0 Å². The van der Waals surface area contributed by atoms with Crippen LogP contribution in [0, 0.1) is 0 Å². The number of hydrogen-bond acceptors (Lipinski definition) is 3. The number of benzene rings is 1. The molecule has 0 unspecified atom stereocenters. The predicted molar refractivity (Wildman–Crippen MR) is 72.1 cm³/mol. The number of hydrogen-bond donors (Lipinski definition) is 1. The van der Waals surface area contributed by atoms with Gasteiger partial charge in [0.05, 0.1) is 6.54 Å². The number of nitrogens with zero attached hydrogens (tertiary/aromatic N) is 3. The molecule has 0 saturated carbocycles.